The summed E-state index contributed by atoms with van der Waals surface area (Å²) in [4.78, 5) is 0. The molecule has 0 nitrogen and oxygen atoms in total. The van der Waals surface area contributed by atoms with Crippen molar-refractivity contribution in [2.45, 2.75) is 71.4 Å². The van der Waals surface area contributed by atoms with Crippen molar-refractivity contribution >= 4 is 33.0 Å². The summed E-state index contributed by atoms with van der Waals surface area (Å²) in [6, 6.07) is 12.6. The Hall–Kier alpha value is -0.893. The van der Waals surface area contributed by atoms with E-state index in [1.165, 1.54) is 37.7 Å². The minimum absolute atomic E-state index is 1.18. The van der Waals surface area contributed by atoms with Crippen LogP contribution in [0, 0.1) is 0 Å². The monoisotopic (exact) mass is 518 g/mol. The van der Waals surface area contributed by atoms with Gasteiger partial charge in [-0.2, -0.15) is 0 Å². The molecule has 0 amide bonds. The maximum atomic E-state index is 2.58. The molecule has 3 aliphatic carbocycles. The van der Waals surface area contributed by atoms with Gasteiger partial charge in [0, 0.05) is 0 Å². The number of hydrogen-bond acceptors (Lipinski definition) is 0. The van der Waals surface area contributed by atoms with E-state index in [2.05, 4.69) is 87.8 Å². The van der Waals surface area contributed by atoms with Crippen LogP contribution >= 0.6 is 0 Å². The summed E-state index contributed by atoms with van der Waals surface area (Å²) in [5, 5.41) is 3.40. The first-order chi connectivity index (χ1) is 14.6. The summed E-state index contributed by atoms with van der Waals surface area (Å²) in [6.07, 6.45) is 13.9. The summed E-state index contributed by atoms with van der Waals surface area (Å²) in [7, 11) is -2.71. The molecule has 0 heterocycles. The van der Waals surface area contributed by atoms with E-state index >= 15 is 0 Å². The number of rotatable bonds is 4. The van der Waals surface area contributed by atoms with Crippen molar-refractivity contribution in [2.24, 2.45) is 0 Å². The van der Waals surface area contributed by atoms with Gasteiger partial charge < -0.3 is 0 Å². The summed E-state index contributed by atoms with van der Waals surface area (Å²) < 4.78 is 5.74. The molecular formula is C28H36Si2Zr. The molecule has 0 bridgehead atoms. The Balaban J connectivity index is 1.74. The van der Waals surface area contributed by atoms with Gasteiger partial charge in [-0.15, -0.1) is 0 Å². The van der Waals surface area contributed by atoms with Crippen molar-refractivity contribution in [1.82, 2.24) is 0 Å². The number of fused-ring (bicyclic) bond motifs is 3. The average Bonchev–Trinajstić information content (AvgIpc) is 3.29. The van der Waals surface area contributed by atoms with Crippen LogP contribution < -0.4 is 13.6 Å². The molecule has 1 saturated carbocycles. The van der Waals surface area contributed by atoms with Crippen LogP contribution in [-0.2, 0) is 27.7 Å². The third-order valence-corrected chi connectivity index (χ3v) is 20.2. The first-order valence-corrected chi connectivity index (χ1v) is 22.7. The Bertz CT molecular complexity index is 1160. The van der Waals surface area contributed by atoms with E-state index in [0.717, 1.165) is 0 Å². The maximum absolute atomic E-state index is 2.58. The zero-order valence-corrected chi connectivity index (χ0v) is 24.6. The predicted molar refractivity (Wildman–Crippen MR) is 141 cm³/mol. The molecule has 160 valence electrons. The van der Waals surface area contributed by atoms with Gasteiger partial charge in [0.05, 0.1) is 0 Å². The Morgan fingerprint density at radius 2 is 1.58 bits per heavy atom. The molecule has 3 aliphatic rings. The van der Waals surface area contributed by atoms with Crippen molar-refractivity contribution < 1.29 is 21.3 Å². The Labute approximate surface area is 198 Å². The third-order valence-electron chi connectivity index (χ3n) is 7.40. The first-order valence-electron chi connectivity index (χ1n) is 12.0. The van der Waals surface area contributed by atoms with Crippen molar-refractivity contribution in [3.63, 3.8) is 0 Å². The standard InChI is InChI=1S/C19H25Si2.C5H5.C4H6.Zr/c1-20(2,3)16-7-9-18-14(12-16)11-15-13-17(21(4,5)6)8-10-19(15)18;1-2-4-5-3-1;1-2-4-3-1;/h7-10,12H,11H2,1-6H3;1-3H,4H2;1-3H2;. The van der Waals surface area contributed by atoms with Crippen molar-refractivity contribution in [2.75, 3.05) is 0 Å². The molecule has 0 saturated heterocycles. The Kier molecular flexibility index (Phi) is 5.56. The van der Waals surface area contributed by atoms with Gasteiger partial charge >= 0.3 is 200 Å². The van der Waals surface area contributed by atoms with Crippen LogP contribution in [0.15, 0.2) is 51.8 Å². The fourth-order valence-corrected chi connectivity index (χ4v) is 20.1. The number of hydrogen-bond donors (Lipinski definition) is 0. The molecule has 0 spiro atoms. The van der Waals surface area contributed by atoms with Crippen molar-refractivity contribution in [1.29, 1.82) is 0 Å². The second kappa shape index (κ2) is 7.85. The normalized spacial score (nSPS) is 17.4. The van der Waals surface area contributed by atoms with Gasteiger partial charge in [0.15, 0.2) is 0 Å². The van der Waals surface area contributed by atoms with E-state index in [-0.39, 0.29) is 0 Å². The molecule has 0 atom stereocenters. The summed E-state index contributed by atoms with van der Waals surface area (Å²) in [5.74, 6) is 0. The topological polar surface area (TPSA) is 0 Å². The van der Waals surface area contributed by atoms with E-state index in [1.807, 2.05) is 9.76 Å². The molecule has 0 aromatic heterocycles. The number of allylic oxidation sites excluding steroid dienone is 4. The summed E-state index contributed by atoms with van der Waals surface area (Å²) in [6.45, 7) is 15.1. The van der Waals surface area contributed by atoms with Gasteiger partial charge in [0.1, 0.15) is 0 Å². The van der Waals surface area contributed by atoms with Crippen LogP contribution in [0.25, 0.3) is 11.1 Å². The molecule has 0 aliphatic heterocycles. The molecule has 0 unspecified atom stereocenters. The van der Waals surface area contributed by atoms with Gasteiger partial charge in [0.25, 0.3) is 0 Å². The fourth-order valence-electron chi connectivity index (χ4n) is 5.45. The second-order valence-electron chi connectivity index (χ2n) is 11.7. The molecular weight excluding hydrogens is 484 g/mol. The minimum atomic E-state index is -2.00. The molecule has 1 fully saturated rings. The van der Waals surface area contributed by atoms with Gasteiger partial charge in [0.2, 0.25) is 0 Å². The molecule has 31 heavy (non-hydrogen) atoms. The van der Waals surface area contributed by atoms with Crippen LogP contribution in [0.2, 0.25) is 39.3 Å². The Morgan fingerprint density at radius 3 is 2.16 bits per heavy atom. The molecule has 2 aromatic carbocycles. The zero-order chi connectivity index (χ0) is 22.0. The van der Waals surface area contributed by atoms with Crippen LogP contribution in [0.5, 0.6) is 0 Å². The zero-order valence-electron chi connectivity index (χ0n) is 20.2. The van der Waals surface area contributed by atoms with Crippen molar-refractivity contribution in [3.05, 3.63) is 63.0 Å². The van der Waals surface area contributed by atoms with E-state index in [0.29, 0.717) is 0 Å². The van der Waals surface area contributed by atoms with Crippen LogP contribution in [0.1, 0.15) is 36.8 Å². The van der Waals surface area contributed by atoms with E-state index in [4.69, 9.17) is 0 Å². The van der Waals surface area contributed by atoms with Crippen LogP contribution in [-0.4, -0.2) is 19.4 Å². The summed E-state index contributed by atoms with van der Waals surface area (Å²) in [5.41, 5.74) is 6.44. The first kappa shape index (κ1) is 21.9. The summed E-state index contributed by atoms with van der Waals surface area (Å²) >= 11 is -2.00. The fraction of sp³-hybridized carbons (Fsp3) is 0.393. The van der Waals surface area contributed by atoms with E-state index in [9.17, 15) is 0 Å². The molecule has 3 heteroatoms. The Morgan fingerprint density at radius 1 is 0.839 bits per heavy atom. The molecule has 0 N–H and O–H groups in total. The molecule has 5 rings (SSSR count). The second-order valence-corrected chi connectivity index (χ2v) is 28.2. The van der Waals surface area contributed by atoms with Gasteiger partial charge in [-0.1, -0.05) is 0 Å². The van der Waals surface area contributed by atoms with E-state index < -0.39 is 37.4 Å². The quantitative estimate of drug-likeness (QED) is 0.383. The average molecular weight is 520 g/mol. The SMILES string of the molecule is C[Si](C)(C)c1ccc2c(c1)Cc1c-2ccc([Si](C)(C)C)[c]1[Zr]([C]1=CC=CC1)=[C]1CCC1. The predicted octanol–water partition coefficient (Wildman–Crippen LogP) is 5.79. The number of benzene rings is 2. The third kappa shape index (κ3) is 3.89. The van der Waals surface area contributed by atoms with Gasteiger partial charge in [-0.05, 0) is 0 Å². The molecule has 0 radical (unpaired) electrons. The van der Waals surface area contributed by atoms with Crippen molar-refractivity contribution in [3.8, 4) is 11.1 Å². The van der Waals surface area contributed by atoms with Gasteiger partial charge in [-0.3, -0.25) is 0 Å². The van der Waals surface area contributed by atoms with Crippen LogP contribution in [0.4, 0.5) is 0 Å². The van der Waals surface area contributed by atoms with Gasteiger partial charge in [-0.25, -0.2) is 0 Å². The van der Waals surface area contributed by atoms with E-state index in [1.54, 1.807) is 27.1 Å². The molecule has 2 aromatic rings. The van der Waals surface area contributed by atoms with Crippen LogP contribution in [0.3, 0.4) is 0 Å².